The number of benzene rings is 1. The Morgan fingerprint density at radius 1 is 1.42 bits per heavy atom. The third-order valence-electron chi connectivity index (χ3n) is 1.49. The Kier molecular flexibility index (Phi) is 2.76. The summed E-state index contributed by atoms with van der Waals surface area (Å²) in [7, 11) is 0. The zero-order valence-electron chi connectivity index (χ0n) is 6.24. The predicted molar refractivity (Wildman–Crippen MR) is 40.6 cm³/mol. The minimum absolute atomic E-state index is 0.528. The Labute approximate surface area is 68.8 Å². The molecule has 64 valence electrons. The summed E-state index contributed by atoms with van der Waals surface area (Å²) >= 11 is 0. The number of carbonyl (C=O) groups excluding carboxylic acids is 1. The van der Waals surface area contributed by atoms with Crippen LogP contribution in [-0.4, -0.2) is 5.97 Å². The van der Waals surface area contributed by atoms with Crippen LogP contribution in [0.5, 0.6) is 0 Å². The van der Waals surface area contributed by atoms with Crippen LogP contribution in [-0.2, 0) is 9.74 Å². The molecular weight excluding hydrogens is 161 g/mol. The normalized spacial score (nSPS) is 12.2. The molecule has 0 unspecified atom stereocenters. The number of hydrogen-bond acceptors (Lipinski definition) is 3. The summed E-state index contributed by atoms with van der Waals surface area (Å²) < 4.78 is 11.4. The topological polar surface area (TPSA) is 52.3 Å². The smallest absolute Gasteiger partial charge is 0.315 e. The molecule has 0 fully saturated rings. The molecule has 0 bridgehead atoms. The molecule has 4 heteroatoms. The first-order valence-corrected chi connectivity index (χ1v) is 3.38. The number of carbonyl (C=O) groups is 1. The molecule has 1 rings (SSSR count). The lowest BCUT2D eigenvalue weighted by Gasteiger charge is -2.05. The Bertz CT molecular complexity index is 263. The van der Waals surface area contributed by atoms with Crippen molar-refractivity contribution in [3.8, 4) is 0 Å². The average molecular weight is 169 g/mol. The maximum absolute atomic E-state index is 11.4. The van der Waals surface area contributed by atoms with E-state index in [0.29, 0.717) is 5.56 Å². The van der Waals surface area contributed by atoms with Gasteiger partial charge in [-0.15, -0.1) is 0 Å². The fourth-order valence-electron chi connectivity index (χ4n) is 0.844. The van der Waals surface area contributed by atoms with E-state index >= 15 is 0 Å². The highest BCUT2D eigenvalue weighted by atomic mass is 19.3. The fraction of sp³-hybridized carbons (Fsp3) is 0.125. The van der Waals surface area contributed by atoms with Crippen LogP contribution in [0.15, 0.2) is 30.3 Å². The zero-order chi connectivity index (χ0) is 8.97. The number of nitrogens with two attached hydrogens (primary N) is 1. The Morgan fingerprint density at radius 3 is 2.50 bits per heavy atom. The van der Waals surface area contributed by atoms with Gasteiger partial charge in [0, 0.05) is 4.53 Å². The fourth-order valence-corrected chi connectivity index (χ4v) is 0.844. The van der Waals surface area contributed by atoms with Gasteiger partial charge in [-0.25, -0.2) is 4.79 Å². The van der Waals surface area contributed by atoms with Crippen LogP contribution in [0.2, 0.25) is 0 Å². The van der Waals surface area contributed by atoms with Crippen LogP contribution >= 0.6 is 0 Å². The van der Waals surface area contributed by atoms with E-state index in [2.05, 4.69) is 4.94 Å². The molecule has 0 aliphatic rings. The molecule has 1 aromatic rings. The van der Waals surface area contributed by atoms with E-state index in [1.54, 1.807) is 30.3 Å². The van der Waals surface area contributed by atoms with Gasteiger partial charge in [0.15, 0.2) is 0 Å². The van der Waals surface area contributed by atoms with Crippen LogP contribution in [0.1, 0.15) is 11.6 Å². The van der Waals surface area contributed by atoms with Crippen LogP contribution in [0, 0.1) is 0 Å². The van der Waals surface area contributed by atoms with Gasteiger partial charge in [0.2, 0.25) is 0 Å². The van der Waals surface area contributed by atoms with Crippen molar-refractivity contribution in [2.45, 2.75) is 6.04 Å². The van der Waals surface area contributed by atoms with E-state index in [1.165, 1.54) is 0 Å². The highest BCUT2D eigenvalue weighted by molar-refractivity contribution is 5.76. The van der Waals surface area contributed by atoms with E-state index < -0.39 is 12.0 Å². The molecule has 12 heavy (non-hydrogen) atoms. The maximum atomic E-state index is 11.4. The van der Waals surface area contributed by atoms with E-state index in [9.17, 15) is 9.32 Å². The number of halogens is 1. The van der Waals surface area contributed by atoms with Crippen molar-refractivity contribution in [1.82, 2.24) is 0 Å². The Hall–Kier alpha value is -1.42. The van der Waals surface area contributed by atoms with Crippen LogP contribution in [0.4, 0.5) is 4.53 Å². The molecule has 0 heterocycles. The minimum atomic E-state index is -1.08. The van der Waals surface area contributed by atoms with Gasteiger partial charge >= 0.3 is 5.97 Å². The lowest BCUT2D eigenvalue weighted by molar-refractivity contribution is -0.185. The molecule has 0 amide bonds. The van der Waals surface area contributed by atoms with Crippen LogP contribution < -0.4 is 5.73 Å². The summed E-state index contributed by atoms with van der Waals surface area (Å²) in [5.74, 6) is -1.08. The summed E-state index contributed by atoms with van der Waals surface area (Å²) in [6, 6.07) is 7.40. The number of rotatable bonds is 2. The summed E-state index contributed by atoms with van der Waals surface area (Å²) in [6.07, 6.45) is 0. The highest BCUT2D eigenvalue weighted by Gasteiger charge is 2.17. The van der Waals surface area contributed by atoms with Crippen LogP contribution in [0.3, 0.4) is 0 Å². The second-order valence-corrected chi connectivity index (χ2v) is 2.28. The van der Waals surface area contributed by atoms with Crippen LogP contribution in [0.25, 0.3) is 0 Å². The largest absolute Gasteiger partial charge is 0.369 e. The van der Waals surface area contributed by atoms with Crippen molar-refractivity contribution < 1.29 is 14.3 Å². The highest BCUT2D eigenvalue weighted by Crippen LogP contribution is 2.10. The average Bonchev–Trinajstić information content (AvgIpc) is 2.17. The molecule has 0 aliphatic heterocycles. The first-order valence-electron chi connectivity index (χ1n) is 3.38. The Morgan fingerprint density at radius 2 is 2.00 bits per heavy atom. The lowest BCUT2D eigenvalue weighted by Crippen LogP contribution is -2.21. The van der Waals surface area contributed by atoms with Crippen molar-refractivity contribution in [3.63, 3.8) is 0 Å². The molecule has 3 nitrogen and oxygen atoms in total. The molecule has 0 saturated carbocycles. The summed E-state index contributed by atoms with van der Waals surface area (Å²) in [5.41, 5.74) is 5.86. The van der Waals surface area contributed by atoms with Crippen molar-refractivity contribution in [2.75, 3.05) is 0 Å². The maximum Gasteiger partial charge on any atom is 0.369 e. The van der Waals surface area contributed by atoms with Gasteiger partial charge in [0.05, 0.1) is 0 Å². The first-order chi connectivity index (χ1) is 5.75. The van der Waals surface area contributed by atoms with Gasteiger partial charge in [-0.2, -0.15) is 0 Å². The minimum Gasteiger partial charge on any atom is -0.315 e. The lowest BCUT2D eigenvalue weighted by atomic mass is 10.1. The standard InChI is InChI=1S/C8H8FNO2/c9-12-8(11)7(10)6-4-2-1-3-5-6/h1-5,7H,10H2/t7-/m0/s1. The monoisotopic (exact) mass is 169 g/mol. The number of hydrogen-bond donors (Lipinski definition) is 1. The third-order valence-corrected chi connectivity index (χ3v) is 1.49. The van der Waals surface area contributed by atoms with Crippen molar-refractivity contribution in [2.24, 2.45) is 5.73 Å². The predicted octanol–water partition coefficient (Wildman–Crippen LogP) is 1.11. The van der Waals surface area contributed by atoms with Crippen molar-refractivity contribution >= 4 is 5.97 Å². The molecule has 1 atom stereocenters. The van der Waals surface area contributed by atoms with Gasteiger partial charge in [-0.3, -0.25) is 4.94 Å². The van der Waals surface area contributed by atoms with E-state index in [-0.39, 0.29) is 0 Å². The van der Waals surface area contributed by atoms with Gasteiger partial charge < -0.3 is 5.73 Å². The first kappa shape index (κ1) is 8.67. The summed E-state index contributed by atoms with van der Waals surface area (Å²) in [4.78, 5) is 13.6. The van der Waals surface area contributed by atoms with Gasteiger partial charge in [0.25, 0.3) is 0 Å². The van der Waals surface area contributed by atoms with E-state index in [1.807, 2.05) is 0 Å². The van der Waals surface area contributed by atoms with E-state index in [4.69, 9.17) is 5.73 Å². The second kappa shape index (κ2) is 3.82. The molecule has 0 aliphatic carbocycles. The van der Waals surface area contributed by atoms with Crippen molar-refractivity contribution in [3.05, 3.63) is 35.9 Å². The summed E-state index contributed by atoms with van der Waals surface area (Å²) in [6.45, 7) is 0. The molecule has 0 saturated heterocycles. The zero-order valence-corrected chi connectivity index (χ0v) is 6.24. The van der Waals surface area contributed by atoms with Gasteiger partial charge in [-0.05, 0) is 5.56 Å². The molecule has 0 radical (unpaired) electrons. The SMILES string of the molecule is N[C@H](C(=O)OF)c1ccccc1. The molecular formula is C8H8FNO2. The van der Waals surface area contributed by atoms with Gasteiger partial charge in [-0.1, -0.05) is 30.3 Å². The Balaban J connectivity index is 2.78. The molecule has 2 N–H and O–H groups in total. The molecule has 0 spiro atoms. The quantitative estimate of drug-likeness (QED) is 0.721. The molecule has 1 aromatic carbocycles. The third kappa shape index (κ3) is 1.79. The second-order valence-electron chi connectivity index (χ2n) is 2.28. The van der Waals surface area contributed by atoms with Crippen molar-refractivity contribution in [1.29, 1.82) is 0 Å². The van der Waals surface area contributed by atoms with Gasteiger partial charge in [0.1, 0.15) is 6.04 Å². The molecule has 0 aromatic heterocycles. The van der Waals surface area contributed by atoms with E-state index in [0.717, 1.165) is 0 Å². The summed E-state index contributed by atoms with van der Waals surface area (Å²) in [5, 5.41) is 0.